The molecule has 1 amide bonds. The van der Waals surface area contributed by atoms with Crippen LogP contribution in [-0.2, 0) is 16.4 Å². The number of carbonyl (C=O) groups excluding carboxylic acids is 2. The van der Waals surface area contributed by atoms with Crippen LogP contribution in [0.25, 0.3) is 0 Å². The molecule has 0 fully saturated rings. The van der Waals surface area contributed by atoms with Crippen molar-refractivity contribution in [2.45, 2.75) is 16.3 Å². The van der Waals surface area contributed by atoms with Gasteiger partial charge in [0.1, 0.15) is 0 Å². The number of benzene rings is 3. The van der Waals surface area contributed by atoms with E-state index in [2.05, 4.69) is 15.9 Å². The summed E-state index contributed by atoms with van der Waals surface area (Å²) in [6, 6.07) is 17.9. The number of hydrogen-bond donors (Lipinski definition) is 0. The van der Waals surface area contributed by atoms with Gasteiger partial charge in [-0.2, -0.15) is 0 Å². The van der Waals surface area contributed by atoms with Crippen LogP contribution in [-0.4, -0.2) is 32.1 Å². The molecule has 3 aromatic carbocycles. The molecule has 1 aliphatic heterocycles. The Balaban J connectivity index is 1.69. The zero-order valence-electron chi connectivity index (χ0n) is 15.4. The molecule has 3 aromatic rings. The minimum Gasteiger partial charge on any atom is -0.337 e. The third-order valence-electron chi connectivity index (χ3n) is 4.86. The van der Waals surface area contributed by atoms with E-state index in [0.717, 1.165) is 10.0 Å². The molecule has 0 unspecified atom stereocenters. The molecular weight excluding hydrogens is 454 g/mol. The number of rotatable bonds is 3. The Morgan fingerprint density at radius 3 is 2.31 bits per heavy atom. The first kappa shape index (κ1) is 19.5. The summed E-state index contributed by atoms with van der Waals surface area (Å²) in [5.41, 5.74) is 1.42. The number of fused-ring (bicyclic) bond motifs is 2. The lowest BCUT2D eigenvalue weighted by molar-refractivity contribution is 0.0784. The zero-order chi connectivity index (χ0) is 20.8. The summed E-state index contributed by atoms with van der Waals surface area (Å²) in [5.74, 6) is -0.676. The molecule has 0 aliphatic carbocycles. The molecule has 1 aliphatic rings. The van der Waals surface area contributed by atoms with E-state index < -0.39 is 9.84 Å². The van der Waals surface area contributed by atoms with Gasteiger partial charge in [0.25, 0.3) is 5.91 Å². The highest BCUT2D eigenvalue weighted by Gasteiger charge is 2.35. The van der Waals surface area contributed by atoms with Gasteiger partial charge >= 0.3 is 0 Å². The summed E-state index contributed by atoms with van der Waals surface area (Å²) in [6.07, 6.45) is 0. The van der Waals surface area contributed by atoms with Crippen molar-refractivity contribution in [2.75, 3.05) is 7.05 Å². The van der Waals surface area contributed by atoms with Crippen molar-refractivity contribution >= 4 is 37.5 Å². The fourth-order valence-corrected chi connectivity index (χ4v) is 5.31. The number of sulfone groups is 1. The quantitative estimate of drug-likeness (QED) is 0.452. The van der Waals surface area contributed by atoms with Crippen LogP contribution in [0.15, 0.2) is 81.0 Å². The van der Waals surface area contributed by atoms with E-state index in [-0.39, 0.29) is 38.2 Å². The molecular formula is C22H16BrNO4S. The molecule has 5 nitrogen and oxygen atoms in total. The molecule has 0 saturated carbocycles. The van der Waals surface area contributed by atoms with Crippen molar-refractivity contribution in [1.29, 1.82) is 0 Å². The summed E-state index contributed by atoms with van der Waals surface area (Å²) >= 11 is 3.37. The first-order valence-electron chi connectivity index (χ1n) is 8.82. The van der Waals surface area contributed by atoms with Crippen molar-refractivity contribution in [3.63, 3.8) is 0 Å². The summed E-state index contributed by atoms with van der Waals surface area (Å²) in [4.78, 5) is 27.0. The molecule has 146 valence electrons. The van der Waals surface area contributed by atoms with Gasteiger partial charge < -0.3 is 4.90 Å². The lowest BCUT2D eigenvalue weighted by Crippen LogP contribution is -2.27. The van der Waals surface area contributed by atoms with E-state index in [9.17, 15) is 18.0 Å². The first-order valence-corrected chi connectivity index (χ1v) is 11.1. The average Bonchev–Trinajstić information content (AvgIpc) is 2.73. The second-order valence-electron chi connectivity index (χ2n) is 6.83. The van der Waals surface area contributed by atoms with Gasteiger partial charge in [-0.1, -0.05) is 40.2 Å². The van der Waals surface area contributed by atoms with Crippen LogP contribution in [0.1, 0.15) is 31.8 Å². The van der Waals surface area contributed by atoms with E-state index in [1.807, 2.05) is 24.3 Å². The predicted molar refractivity (Wildman–Crippen MR) is 112 cm³/mol. The highest BCUT2D eigenvalue weighted by atomic mass is 79.9. The van der Waals surface area contributed by atoms with E-state index in [0.29, 0.717) is 6.54 Å². The topological polar surface area (TPSA) is 71.5 Å². The maximum Gasteiger partial charge on any atom is 0.253 e. The SMILES string of the molecule is CN(Cc1ccc(Br)cc1)C(=O)c1ccc2c(c1)S(=O)(=O)c1ccccc1C2=O. The third-order valence-corrected chi connectivity index (χ3v) is 7.24. The van der Waals surface area contributed by atoms with Crippen molar-refractivity contribution < 1.29 is 18.0 Å². The molecule has 29 heavy (non-hydrogen) atoms. The summed E-state index contributed by atoms with van der Waals surface area (Å²) in [6.45, 7) is 0.373. The Hall–Kier alpha value is -2.77. The van der Waals surface area contributed by atoms with E-state index >= 15 is 0 Å². The molecule has 4 rings (SSSR count). The monoisotopic (exact) mass is 469 g/mol. The Kier molecular flexibility index (Phi) is 4.88. The second-order valence-corrected chi connectivity index (χ2v) is 9.63. The second kappa shape index (κ2) is 7.24. The van der Waals surface area contributed by atoms with Gasteiger partial charge in [0, 0.05) is 34.8 Å². The Morgan fingerprint density at radius 2 is 1.59 bits per heavy atom. The van der Waals surface area contributed by atoms with Crippen molar-refractivity contribution in [3.8, 4) is 0 Å². The number of carbonyl (C=O) groups is 2. The minimum absolute atomic E-state index is 0.0229. The van der Waals surface area contributed by atoms with Gasteiger partial charge in [-0.3, -0.25) is 9.59 Å². The van der Waals surface area contributed by atoms with Crippen molar-refractivity contribution in [2.24, 2.45) is 0 Å². The lowest BCUT2D eigenvalue weighted by atomic mass is 10.0. The zero-order valence-corrected chi connectivity index (χ0v) is 17.8. The highest BCUT2D eigenvalue weighted by Crippen LogP contribution is 2.35. The first-order chi connectivity index (χ1) is 13.8. The van der Waals surface area contributed by atoms with Gasteiger partial charge in [-0.15, -0.1) is 0 Å². The summed E-state index contributed by atoms with van der Waals surface area (Å²) in [7, 11) is -2.22. The molecule has 1 heterocycles. The molecule has 0 spiro atoms. The standard InChI is InChI=1S/C22H16BrNO4S/c1-24(13-14-6-9-16(23)10-7-14)22(26)15-8-11-18-20(12-15)29(27,28)19-5-3-2-4-17(19)21(18)25/h2-12H,13H2,1H3. The summed E-state index contributed by atoms with van der Waals surface area (Å²) in [5, 5.41) is 0. The fraction of sp³-hybridized carbons (Fsp3) is 0.0909. The smallest absolute Gasteiger partial charge is 0.253 e. The van der Waals surface area contributed by atoms with Crippen LogP contribution in [0.3, 0.4) is 0 Å². The van der Waals surface area contributed by atoms with Gasteiger partial charge in [0.05, 0.1) is 9.79 Å². The van der Waals surface area contributed by atoms with E-state index in [4.69, 9.17) is 0 Å². The van der Waals surface area contributed by atoms with E-state index in [1.54, 1.807) is 19.2 Å². The van der Waals surface area contributed by atoms with Gasteiger partial charge in [-0.05, 0) is 48.0 Å². The van der Waals surface area contributed by atoms with Crippen LogP contribution in [0.4, 0.5) is 0 Å². The molecule has 0 atom stereocenters. The molecule has 7 heteroatoms. The van der Waals surface area contributed by atoms with E-state index in [1.165, 1.54) is 35.2 Å². The molecule has 0 bridgehead atoms. The number of hydrogen-bond acceptors (Lipinski definition) is 4. The highest BCUT2D eigenvalue weighted by molar-refractivity contribution is 9.10. The number of amides is 1. The van der Waals surface area contributed by atoms with Crippen LogP contribution in [0.5, 0.6) is 0 Å². The third kappa shape index (κ3) is 3.41. The molecule has 0 saturated heterocycles. The predicted octanol–water partition coefficient (Wildman–Crippen LogP) is 4.10. The Labute approximate surface area is 177 Å². The van der Waals surface area contributed by atoms with Gasteiger partial charge in [-0.25, -0.2) is 8.42 Å². The van der Waals surface area contributed by atoms with Crippen LogP contribution in [0.2, 0.25) is 0 Å². The average molecular weight is 470 g/mol. The number of nitrogens with zero attached hydrogens (tertiary/aromatic N) is 1. The maximum atomic E-state index is 13.0. The maximum absolute atomic E-state index is 13.0. The van der Waals surface area contributed by atoms with Crippen molar-refractivity contribution in [3.05, 3.63) is 93.5 Å². The fourth-order valence-electron chi connectivity index (χ4n) is 3.37. The molecule has 0 radical (unpaired) electrons. The van der Waals surface area contributed by atoms with Crippen LogP contribution in [0, 0.1) is 0 Å². The Morgan fingerprint density at radius 1 is 0.931 bits per heavy atom. The number of ketones is 1. The Bertz CT molecular complexity index is 1250. The summed E-state index contributed by atoms with van der Waals surface area (Å²) < 4.78 is 27.0. The molecule has 0 aromatic heterocycles. The van der Waals surface area contributed by atoms with Crippen LogP contribution >= 0.6 is 15.9 Å². The lowest BCUT2D eigenvalue weighted by Gasteiger charge is -2.21. The van der Waals surface area contributed by atoms with Crippen LogP contribution < -0.4 is 0 Å². The van der Waals surface area contributed by atoms with Crippen molar-refractivity contribution in [1.82, 2.24) is 4.90 Å². The largest absolute Gasteiger partial charge is 0.337 e. The van der Waals surface area contributed by atoms with Gasteiger partial charge in [0.2, 0.25) is 9.84 Å². The molecule has 0 N–H and O–H groups in total. The minimum atomic E-state index is -3.88. The number of halogens is 1. The normalized spacial score (nSPS) is 14.1. The van der Waals surface area contributed by atoms with Gasteiger partial charge in [0.15, 0.2) is 5.78 Å².